The van der Waals surface area contributed by atoms with Crippen LogP contribution in [0.4, 0.5) is 0 Å². The summed E-state index contributed by atoms with van der Waals surface area (Å²) < 4.78 is 1.10. The number of hydrogen-bond acceptors (Lipinski definition) is 3. The van der Waals surface area contributed by atoms with Gasteiger partial charge in [-0.3, -0.25) is 0 Å². The molecule has 0 radical (unpaired) electrons. The van der Waals surface area contributed by atoms with Crippen molar-refractivity contribution < 1.29 is 0 Å². The van der Waals surface area contributed by atoms with E-state index in [1.165, 1.54) is 17.8 Å². The molecule has 1 aliphatic carbocycles. The molecule has 4 heteroatoms. The molecule has 0 spiro atoms. The smallest absolute Gasteiger partial charge is 0.101 e. The molecular weight excluding hydrogens is 276 g/mol. The molecule has 1 heterocycles. The lowest BCUT2D eigenvalue weighted by molar-refractivity contribution is 0.247. The molecule has 0 saturated heterocycles. The molecule has 2 aromatic rings. The predicted molar refractivity (Wildman–Crippen MR) is 83.0 cm³/mol. The van der Waals surface area contributed by atoms with Gasteiger partial charge in [-0.15, -0.1) is 11.3 Å². The third-order valence-electron chi connectivity index (χ3n) is 4.44. The number of halogens is 1. The molecule has 19 heavy (non-hydrogen) atoms. The Morgan fingerprint density at radius 1 is 1.42 bits per heavy atom. The first-order chi connectivity index (χ1) is 9.14. The normalized spacial score (nSPS) is 27.8. The maximum atomic E-state index is 6.26. The van der Waals surface area contributed by atoms with Crippen molar-refractivity contribution >= 4 is 33.2 Å². The minimum absolute atomic E-state index is 0.0829. The zero-order valence-electron chi connectivity index (χ0n) is 11.2. The molecule has 1 saturated carbocycles. The summed E-state index contributed by atoms with van der Waals surface area (Å²) in [6, 6.07) is 5.94. The number of benzene rings is 1. The molecule has 102 valence electrons. The Hall–Kier alpha value is -0.640. The highest BCUT2D eigenvalue weighted by atomic mass is 35.5. The quantitative estimate of drug-likeness (QED) is 0.894. The fourth-order valence-electron chi connectivity index (χ4n) is 2.96. The van der Waals surface area contributed by atoms with Crippen molar-refractivity contribution in [2.75, 3.05) is 6.54 Å². The second-order valence-electron chi connectivity index (χ2n) is 5.77. The highest BCUT2D eigenvalue weighted by molar-refractivity contribution is 7.19. The van der Waals surface area contributed by atoms with Gasteiger partial charge in [0.2, 0.25) is 0 Å². The van der Waals surface area contributed by atoms with Crippen LogP contribution in [0.2, 0.25) is 5.02 Å². The minimum atomic E-state index is 0.0829. The third kappa shape index (κ3) is 2.28. The van der Waals surface area contributed by atoms with Crippen molar-refractivity contribution in [1.82, 2.24) is 4.98 Å². The lowest BCUT2D eigenvalue weighted by atomic mass is 9.71. The van der Waals surface area contributed by atoms with Gasteiger partial charge in [0.1, 0.15) is 5.01 Å². The van der Waals surface area contributed by atoms with E-state index in [-0.39, 0.29) is 5.41 Å². The molecule has 1 aliphatic rings. The van der Waals surface area contributed by atoms with Crippen LogP contribution in [0.15, 0.2) is 18.2 Å². The van der Waals surface area contributed by atoms with Crippen molar-refractivity contribution in [2.24, 2.45) is 11.7 Å². The van der Waals surface area contributed by atoms with Gasteiger partial charge in [0, 0.05) is 12.0 Å². The summed E-state index contributed by atoms with van der Waals surface area (Å²) in [5.41, 5.74) is 7.21. The average Bonchev–Trinajstić information content (AvgIpc) is 2.86. The van der Waals surface area contributed by atoms with Crippen LogP contribution in [0.1, 0.15) is 37.6 Å². The molecule has 1 fully saturated rings. The number of thiazole rings is 1. The molecule has 0 amide bonds. The molecule has 2 nitrogen and oxygen atoms in total. The maximum Gasteiger partial charge on any atom is 0.101 e. The minimum Gasteiger partial charge on any atom is -0.329 e. The Labute approximate surface area is 123 Å². The van der Waals surface area contributed by atoms with E-state index in [0.29, 0.717) is 6.54 Å². The Kier molecular flexibility index (Phi) is 3.54. The van der Waals surface area contributed by atoms with Gasteiger partial charge in [0.05, 0.1) is 15.2 Å². The third-order valence-corrected chi connectivity index (χ3v) is 6.22. The maximum absolute atomic E-state index is 6.26. The van der Waals surface area contributed by atoms with Gasteiger partial charge in [0.15, 0.2) is 0 Å². The number of nitrogens with zero attached hydrogens (tertiary/aromatic N) is 1. The van der Waals surface area contributed by atoms with Crippen LogP contribution in [-0.2, 0) is 5.41 Å². The summed E-state index contributed by atoms with van der Waals surface area (Å²) in [5.74, 6) is 0.817. The van der Waals surface area contributed by atoms with Crippen LogP contribution < -0.4 is 5.73 Å². The molecule has 0 aliphatic heterocycles. The number of aromatic nitrogens is 1. The Morgan fingerprint density at radius 2 is 2.16 bits per heavy atom. The number of rotatable bonds is 2. The van der Waals surface area contributed by atoms with Gasteiger partial charge in [-0.25, -0.2) is 4.98 Å². The van der Waals surface area contributed by atoms with E-state index in [0.717, 1.165) is 34.0 Å². The SMILES string of the molecule is CC1CCC(CN)(c2nc3cccc(Cl)c3s2)CC1. The van der Waals surface area contributed by atoms with Crippen molar-refractivity contribution in [3.05, 3.63) is 28.2 Å². The lowest BCUT2D eigenvalue weighted by Gasteiger charge is -2.36. The zero-order valence-corrected chi connectivity index (χ0v) is 12.7. The molecule has 0 atom stereocenters. The van der Waals surface area contributed by atoms with E-state index in [1.54, 1.807) is 11.3 Å². The molecule has 0 bridgehead atoms. The molecule has 2 N–H and O–H groups in total. The fraction of sp³-hybridized carbons (Fsp3) is 0.533. The van der Waals surface area contributed by atoms with Gasteiger partial charge >= 0.3 is 0 Å². The molecule has 1 aromatic carbocycles. The average molecular weight is 295 g/mol. The summed E-state index contributed by atoms with van der Waals surface area (Å²) in [7, 11) is 0. The first kappa shape index (κ1) is 13.3. The predicted octanol–water partition coefficient (Wildman–Crippen LogP) is 4.36. The Balaban J connectivity index is 2.04. The molecule has 3 rings (SSSR count). The summed E-state index contributed by atoms with van der Waals surface area (Å²) in [6.45, 7) is 3.02. The second kappa shape index (κ2) is 5.04. The Morgan fingerprint density at radius 3 is 2.79 bits per heavy atom. The summed E-state index contributed by atoms with van der Waals surface area (Å²) in [5, 5.41) is 1.99. The van der Waals surface area contributed by atoms with E-state index in [4.69, 9.17) is 22.3 Å². The van der Waals surface area contributed by atoms with Crippen LogP contribution >= 0.6 is 22.9 Å². The van der Waals surface area contributed by atoms with E-state index in [2.05, 4.69) is 6.92 Å². The summed E-state index contributed by atoms with van der Waals surface area (Å²) in [4.78, 5) is 4.82. The molecule has 0 unspecified atom stereocenters. The lowest BCUT2D eigenvalue weighted by Crippen LogP contribution is -2.38. The second-order valence-corrected chi connectivity index (χ2v) is 7.18. The summed E-state index contributed by atoms with van der Waals surface area (Å²) >= 11 is 7.99. The van der Waals surface area contributed by atoms with Gasteiger partial charge in [0.25, 0.3) is 0 Å². The van der Waals surface area contributed by atoms with Gasteiger partial charge in [-0.1, -0.05) is 24.6 Å². The van der Waals surface area contributed by atoms with E-state index < -0.39 is 0 Å². The van der Waals surface area contributed by atoms with E-state index >= 15 is 0 Å². The van der Waals surface area contributed by atoms with E-state index in [9.17, 15) is 0 Å². The first-order valence-electron chi connectivity index (χ1n) is 6.90. The topological polar surface area (TPSA) is 38.9 Å². The highest BCUT2D eigenvalue weighted by Crippen LogP contribution is 2.44. The van der Waals surface area contributed by atoms with E-state index in [1.807, 2.05) is 18.2 Å². The van der Waals surface area contributed by atoms with Crippen LogP contribution in [0.5, 0.6) is 0 Å². The van der Waals surface area contributed by atoms with Crippen molar-refractivity contribution in [2.45, 2.75) is 38.0 Å². The zero-order chi connectivity index (χ0) is 13.5. The number of fused-ring (bicyclic) bond motifs is 1. The van der Waals surface area contributed by atoms with Crippen LogP contribution in [0.25, 0.3) is 10.2 Å². The largest absolute Gasteiger partial charge is 0.329 e. The standard InChI is InChI=1S/C15H19ClN2S/c1-10-5-7-15(9-17,8-6-10)14-18-12-4-2-3-11(16)13(12)19-14/h2-4,10H,5-9,17H2,1H3. The van der Waals surface area contributed by atoms with Gasteiger partial charge in [-0.05, 0) is 43.7 Å². The van der Waals surface area contributed by atoms with Crippen LogP contribution in [-0.4, -0.2) is 11.5 Å². The highest BCUT2D eigenvalue weighted by Gasteiger charge is 2.37. The first-order valence-corrected chi connectivity index (χ1v) is 8.10. The molecular formula is C15H19ClN2S. The van der Waals surface area contributed by atoms with Crippen LogP contribution in [0, 0.1) is 5.92 Å². The van der Waals surface area contributed by atoms with Gasteiger partial charge < -0.3 is 5.73 Å². The number of nitrogens with two attached hydrogens (primary N) is 1. The van der Waals surface area contributed by atoms with Crippen molar-refractivity contribution in [3.8, 4) is 0 Å². The van der Waals surface area contributed by atoms with Crippen LogP contribution in [0.3, 0.4) is 0 Å². The van der Waals surface area contributed by atoms with Crippen molar-refractivity contribution in [3.63, 3.8) is 0 Å². The summed E-state index contributed by atoms with van der Waals surface area (Å²) in [6.07, 6.45) is 4.81. The number of hydrogen-bond donors (Lipinski definition) is 1. The Bertz CT molecular complexity index is 585. The fourth-order valence-corrected chi connectivity index (χ4v) is 4.47. The monoisotopic (exact) mass is 294 g/mol. The molecule has 1 aromatic heterocycles. The van der Waals surface area contributed by atoms with Gasteiger partial charge in [-0.2, -0.15) is 0 Å². The van der Waals surface area contributed by atoms with Crippen molar-refractivity contribution in [1.29, 1.82) is 0 Å².